The first-order valence-electron chi connectivity index (χ1n) is 9.04. The highest BCUT2D eigenvalue weighted by atomic mass is 32.1. The Labute approximate surface area is 172 Å². The summed E-state index contributed by atoms with van der Waals surface area (Å²) in [5, 5.41) is 1.81. The van der Waals surface area contributed by atoms with E-state index in [1.807, 2.05) is 48.6 Å². The van der Waals surface area contributed by atoms with Crippen LogP contribution in [-0.2, 0) is 0 Å². The number of aryl methyl sites for hydroxylation is 1. The van der Waals surface area contributed by atoms with Gasteiger partial charge in [-0.3, -0.25) is 4.79 Å². The number of rotatable bonds is 4. The van der Waals surface area contributed by atoms with Gasteiger partial charge in [-0.1, -0.05) is 18.2 Å². The van der Waals surface area contributed by atoms with Gasteiger partial charge in [-0.2, -0.15) is 0 Å². The number of anilines is 1. The topological polar surface area (TPSA) is 55.8 Å². The number of ether oxygens (including phenoxy) is 2. The molecule has 1 aliphatic heterocycles. The molecule has 1 aliphatic rings. The van der Waals surface area contributed by atoms with E-state index >= 15 is 0 Å². The van der Waals surface area contributed by atoms with Crippen molar-refractivity contribution in [2.24, 2.45) is 0 Å². The third-order valence-corrected chi connectivity index (χ3v) is 5.43. The number of hydrogen-bond acceptors (Lipinski definition) is 6. The molecule has 0 saturated carbocycles. The number of ketones is 1. The van der Waals surface area contributed by atoms with Crippen molar-refractivity contribution in [1.82, 2.24) is 0 Å². The highest BCUT2D eigenvalue weighted by molar-refractivity contribution is 7.12. The standard InChI is InChI=1S/C23H19NO4S/c1-14-11-17(27-23(26)20-5-4-10-29-20)13-18-21(14)22(25)19(28-18)12-15-6-8-16(9-7-15)24(2)3/h4-13H,1-3H3/b19-12-. The Bertz CT molecular complexity index is 1110. The van der Waals surface area contributed by atoms with Gasteiger partial charge >= 0.3 is 5.97 Å². The summed E-state index contributed by atoms with van der Waals surface area (Å²) in [5.74, 6) is 0.400. The molecule has 0 fully saturated rings. The Morgan fingerprint density at radius 2 is 1.90 bits per heavy atom. The second-order valence-electron chi connectivity index (χ2n) is 6.91. The molecule has 0 atom stereocenters. The van der Waals surface area contributed by atoms with Gasteiger partial charge in [0.1, 0.15) is 16.4 Å². The summed E-state index contributed by atoms with van der Waals surface area (Å²) >= 11 is 1.31. The second-order valence-corrected chi connectivity index (χ2v) is 7.85. The van der Waals surface area contributed by atoms with Gasteiger partial charge in [0.2, 0.25) is 5.78 Å². The largest absolute Gasteiger partial charge is 0.452 e. The summed E-state index contributed by atoms with van der Waals surface area (Å²) in [6.45, 7) is 1.80. The maximum absolute atomic E-state index is 12.8. The molecule has 3 aromatic rings. The monoisotopic (exact) mass is 405 g/mol. The van der Waals surface area contributed by atoms with E-state index in [-0.39, 0.29) is 11.5 Å². The molecule has 6 heteroatoms. The van der Waals surface area contributed by atoms with Crippen molar-refractivity contribution in [3.05, 3.63) is 81.2 Å². The van der Waals surface area contributed by atoms with E-state index in [9.17, 15) is 9.59 Å². The van der Waals surface area contributed by atoms with Crippen molar-refractivity contribution in [3.63, 3.8) is 0 Å². The molecular formula is C23H19NO4S. The predicted molar refractivity (Wildman–Crippen MR) is 114 cm³/mol. The Balaban J connectivity index is 1.59. The quantitative estimate of drug-likeness (QED) is 0.349. The van der Waals surface area contributed by atoms with Crippen molar-refractivity contribution in [2.75, 3.05) is 19.0 Å². The van der Waals surface area contributed by atoms with Gasteiger partial charge in [0.05, 0.1) is 5.56 Å². The zero-order valence-electron chi connectivity index (χ0n) is 16.3. The highest BCUT2D eigenvalue weighted by Gasteiger charge is 2.30. The van der Waals surface area contributed by atoms with Crippen LogP contribution in [0.15, 0.2) is 59.7 Å². The van der Waals surface area contributed by atoms with E-state index in [0.29, 0.717) is 27.5 Å². The lowest BCUT2D eigenvalue weighted by Gasteiger charge is -2.11. The minimum atomic E-state index is -0.430. The van der Waals surface area contributed by atoms with E-state index in [2.05, 4.69) is 0 Å². The van der Waals surface area contributed by atoms with Crippen molar-refractivity contribution in [1.29, 1.82) is 0 Å². The van der Waals surface area contributed by atoms with Crippen LogP contribution in [0.25, 0.3) is 6.08 Å². The number of fused-ring (bicyclic) bond motifs is 1. The van der Waals surface area contributed by atoms with Crippen molar-refractivity contribution in [2.45, 2.75) is 6.92 Å². The normalized spacial score (nSPS) is 13.9. The number of hydrogen-bond donors (Lipinski definition) is 0. The first kappa shape index (κ1) is 19.0. The molecule has 2 heterocycles. The number of carbonyl (C=O) groups is 2. The van der Waals surface area contributed by atoms with Gasteiger partial charge in [-0.25, -0.2) is 4.79 Å². The van der Waals surface area contributed by atoms with Crippen LogP contribution in [0.4, 0.5) is 5.69 Å². The van der Waals surface area contributed by atoms with Crippen molar-refractivity contribution in [3.8, 4) is 11.5 Å². The summed E-state index contributed by atoms with van der Waals surface area (Å²) in [5.41, 5.74) is 3.14. The Kier molecular flexibility index (Phi) is 4.94. The van der Waals surface area contributed by atoms with E-state index in [1.54, 1.807) is 37.3 Å². The van der Waals surface area contributed by atoms with E-state index in [4.69, 9.17) is 9.47 Å². The maximum Gasteiger partial charge on any atom is 0.353 e. The number of thiophene rings is 1. The number of Topliss-reactive ketones (excluding diaryl/α,β-unsaturated/α-hetero) is 1. The minimum absolute atomic E-state index is 0.176. The van der Waals surface area contributed by atoms with Crippen molar-refractivity contribution >= 4 is 34.9 Å². The molecule has 5 nitrogen and oxygen atoms in total. The SMILES string of the molecule is Cc1cc(OC(=O)c2cccs2)cc2c1C(=O)/C(=C/c1ccc(N(C)C)cc1)O2. The second kappa shape index (κ2) is 7.56. The number of allylic oxidation sites excluding steroid dienone is 1. The molecule has 0 bridgehead atoms. The van der Waals surface area contributed by atoms with Crippen LogP contribution in [0.2, 0.25) is 0 Å². The van der Waals surface area contributed by atoms with E-state index in [0.717, 1.165) is 11.3 Å². The summed E-state index contributed by atoms with van der Waals surface area (Å²) in [6.07, 6.45) is 1.72. The molecule has 0 amide bonds. The van der Waals surface area contributed by atoms with Crippen LogP contribution in [-0.4, -0.2) is 25.8 Å². The maximum atomic E-state index is 12.8. The molecule has 146 valence electrons. The average Bonchev–Trinajstić information content (AvgIpc) is 3.31. The van der Waals surface area contributed by atoms with Gasteiger partial charge in [0.15, 0.2) is 5.76 Å². The van der Waals surface area contributed by atoms with Gasteiger partial charge in [0, 0.05) is 25.8 Å². The van der Waals surface area contributed by atoms with Crippen molar-refractivity contribution < 1.29 is 19.1 Å². The molecule has 2 aromatic carbocycles. The van der Waals surface area contributed by atoms with Gasteiger partial charge in [0.25, 0.3) is 0 Å². The Morgan fingerprint density at radius 3 is 2.55 bits per heavy atom. The summed E-state index contributed by atoms with van der Waals surface area (Å²) in [6, 6.07) is 14.6. The lowest BCUT2D eigenvalue weighted by molar-refractivity contribution is 0.0739. The molecule has 29 heavy (non-hydrogen) atoms. The van der Waals surface area contributed by atoms with Crippen LogP contribution in [0.1, 0.15) is 31.2 Å². The smallest absolute Gasteiger partial charge is 0.353 e. The molecule has 0 unspecified atom stereocenters. The minimum Gasteiger partial charge on any atom is -0.452 e. The van der Waals surface area contributed by atoms with Crippen LogP contribution in [0.5, 0.6) is 11.5 Å². The molecule has 0 aliphatic carbocycles. The summed E-state index contributed by atoms with van der Waals surface area (Å²) in [4.78, 5) is 27.5. The fraction of sp³-hybridized carbons (Fsp3) is 0.130. The average molecular weight is 405 g/mol. The molecule has 0 saturated heterocycles. The molecule has 4 rings (SSSR count). The van der Waals surface area contributed by atoms with E-state index in [1.165, 1.54) is 11.3 Å². The third-order valence-electron chi connectivity index (χ3n) is 4.58. The predicted octanol–water partition coefficient (Wildman–Crippen LogP) is 4.96. The van der Waals surface area contributed by atoms with Crippen LogP contribution < -0.4 is 14.4 Å². The highest BCUT2D eigenvalue weighted by Crippen LogP contribution is 2.37. The van der Waals surface area contributed by atoms with Gasteiger partial charge < -0.3 is 14.4 Å². The van der Waals surface area contributed by atoms with Crippen LogP contribution in [0.3, 0.4) is 0 Å². The zero-order valence-corrected chi connectivity index (χ0v) is 17.1. The summed E-state index contributed by atoms with van der Waals surface area (Å²) in [7, 11) is 3.94. The molecule has 0 spiro atoms. The first-order valence-corrected chi connectivity index (χ1v) is 9.92. The number of esters is 1. The first-order chi connectivity index (χ1) is 13.9. The van der Waals surface area contributed by atoms with Gasteiger partial charge in [-0.15, -0.1) is 11.3 Å². The van der Waals surface area contributed by atoms with Crippen LogP contribution in [0, 0.1) is 6.92 Å². The molecule has 0 N–H and O–H groups in total. The lowest BCUT2D eigenvalue weighted by atomic mass is 10.0. The summed E-state index contributed by atoms with van der Waals surface area (Å²) < 4.78 is 11.3. The fourth-order valence-electron chi connectivity index (χ4n) is 3.11. The number of benzene rings is 2. The number of nitrogens with zero attached hydrogens (tertiary/aromatic N) is 1. The van der Waals surface area contributed by atoms with Gasteiger partial charge in [-0.05, 0) is 53.8 Å². The molecule has 1 aromatic heterocycles. The number of carbonyl (C=O) groups excluding carboxylic acids is 2. The van der Waals surface area contributed by atoms with Crippen LogP contribution >= 0.6 is 11.3 Å². The third kappa shape index (κ3) is 3.79. The lowest BCUT2D eigenvalue weighted by Crippen LogP contribution is -2.08. The fourth-order valence-corrected chi connectivity index (χ4v) is 3.71. The zero-order chi connectivity index (χ0) is 20.5. The Hall–Kier alpha value is -3.38. The molecule has 0 radical (unpaired) electrons. The molecular weight excluding hydrogens is 386 g/mol. The van der Waals surface area contributed by atoms with E-state index < -0.39 is 5.97 Å². The Morgan fingerprint density at radius 1 is 1.14 bits per heavy atom.